The highest BCUT2D eigenvalue weighted by Crippen LogP contribution is 2.39. The molecule has 1 aromatic carbocycles. The first-order valence-electron chi connectivity index (χ1n) is 5.69. The summed E-state index contributed by atoms with van der Waals surface area (Å²) in [7, 11) is 1.70. The molecule has 0 unspecified atom stereocenters. The van der Waals surface area contributed by atoms with E-state index in [1.54, 1.807) is 7.11 Å². The van der Waals surface area contributed by atoms with Crippen molar-refractivity contribution in [2.24, 2.45) is 5.73 Å². The van der Waals surface area contributed by atoms with Crippen LogP contribution in [0.25, 0.3) is 0 Å². The molecule has 86 valence electrons. The number of nitrogens with two attached hydrogens (primary N) is 1. The number of rotatable bonds is 4. The molecule has 0 amide bonds. The largest absolute Gasteiger partial charge is 0.384 e. The van der Waals surface area contributed by atoms with Crippen LogP contribution >= 0.6 is 0 Å². The van der Waals surface area contributed by atoms with Crippen LogP contribution < -0.4 is 5.73 Å². The number of benzene rings is 1. The first-order chi connectivity index (χ1) is 7.74. The average Bonchev–Trinajstić information content (AvgIpc) is 2.17. The van der Waals surface area contributed by atoms with Crippen molar-refractivity contribution in [3.63, 3.8) is 0 Å². The van der Waals surface area contributed by atoms with Gasteiger partial charge in [-0.3, -0.25) is 5.41 Å². The topological polar surface area (TPSA) is 59.1 Å². The van der Waals surface area contributed by atoms with E-state index in [1.807, 2.05) is 12.1 Å². The van der Waals surface area contributed by atoms with Gasteiger partial charge in [0, 0.05) is 12.7 Å². The van der Waals surface area contributed by atoms with Crippen molar-refractivity contribution in [1.29, 1.82) is 5.41 Å². The maximum absolute atomic E-state index is 7.63. The first-order valence-corrected chi connectivity index (χ1v) is 5.69. The number of hydrogen-bond acceptors (Lipinski definition) is 2. The maximum Gasteiger partial charge on any atom is 0.123 e. The van der Waals surface area contributed by atoms with Crippen molar-refractivity contribution >= 4 is 5.84 Å². The number of amidine groups is 1. The molecular weight excluding hydrogens is 200 g/mol. The van der Waals surface area contributed by atoms with Crippen LogP contribution in [0.2, 0.25) is 0 Å². The third-order valence-electron chi connectivity index (χ3n) is 3.30. The molecule has 0 saturated heterocycles. The van der Waals surface area contributed by atoms with Crippen LogP contribution in [0.5, 0.6) is 0 Å². The van der Waals surface area contributed by atoms with E-state index in [4.69, 9.17) is 15.9 Å². The quantitative estimate of drug-likeness (QED) is 0.602. The van der Waals surface area contributed by atoms with Crippen LogP contribution in [0.4, 0.5) is 0 Å². The molecule has 0 radical (unpaired) electrons. The Balaban J connectivity index is 2.43. The van der Waals surface area contributed by atoms with Gasteiger partial charge in [0.15, 0.2) is 0 Å². The summed E-state index contributed by atoms with van der Waals surface area (Å²) in [6, 6.07) is 5.96. The zero-order valence-electron chi connectivity index (χ0n) is 9.62. The molecule has 1 aliphatic carbocycles. The molecule has 0 aliphatic heterocycles. The van der Waals surface area contributed by atoms with E-state index < -0.39 is 0 Å². The van der Waals surface area contributed by atoms with Gasteiger partial charge in [-0.05, 0) is 29.9 Å². The molecule has 1 saturated carbocycles. The fourth-order valence-electron chi connectivity index (χ4n) is 2.31. The van der Waals surface area contributed by atoms with E-state index in [2.05, 4.69) is 6.07 Å². The van der Waals surface area contributed by atoms with Crippen molar-refractivity contribution in [3.8, 4) is 0 Å². The SMILES string of the molecule is COCc1cccc(C(=N)N)c1C1CCC1. The van der Waals surface area contributed by atoms with E-state index in [9.17, 15) is 0 Å². The van der Waals surface area contributed by atoms with Crippen molar-refractivity contribution in [2.75, 3.05) is 7.11 Å². The Labute approximate surface area is 96.1 Å². The lowest BCUT2D eigenvalue weighted by molar-refractivity contribution is 0.183. The van der Waals surface area contributed by atoms with E-state index >= 15 is 0 Å². The van der Waals surface area contributed by atoms with E-state index in [0.717, 1.165) is 5.56 Å². The van der Waals surface area contributed by atoms with Crippen LogP contribution in [0.3, 0.4) is 0 Å². The zero-order valence-corrected chi connectivity index (χ0v) is 9.62. The minimum absolute atomic E-state index is 0.167. The molecule has 1 aromatic rings. The molecule has 0 bridgehead atoms. The van der Waals surface area contributed by atoms with E-state index in [0.29, 0.717) is 12.5 Å². The molecule has 1 aliphatic rings. The molecular formula is C13H18N2O. The summed E-state index contributed by atoms with van der Waals surface area (Å²) in [5.41, 5.74) is 8.95. The summed E-state index contributed by atoms with van der Waals surface area (Å²) in [6.07, 6.45) is 3.70. The van der Waals surface area contributed by atoms with Gasteiger partial charge in [0.1, 0.15) is 5.84 Å². The predicted octanol–water partition coefficient (Wildman–Crippen LogP) is 2.38. The van der Waals surface area contributed by atoms with Crippen LogP contribution in [0.15, 0.2) is 18.2 Å². The van der Waals surface area contributed by atoms with Gasteiger partial charge in [0.2, 0.25) is 0 Å². The lowest BCUT2D eigenvalue weighted by atomic mass is 9.76. The standard InChI is InChI=1S/C13H18N2O/c1-16-8-10-6-3-7-11(13(14)15)12(10)9-4-2-5-9/h3,6-7,9H,2,4-5,8H2,1H3,(H3,14,15). The minimum Gasteiger partial charge on any atom is -0.384 e. The van der Waals surface area contributed by atoms with Crippen LogP contribution in [-0.2, 0) is 11.3 Å². The summed E-state index contributed by atoms with van der Waals surface area (Å²) in [5.74, 6) is 0.741. The Bertz CT molecular complexity index is 397. The summed E-state index contributed by atoms with van der Waals surface area (Å²) in [4.78, 5) is 0. The van der Waals surface area contributed by atoms with Crippen molar-refractivity contribution in [3.05, 3.63) is 34.9 Å². The Morgan fingerprint density at radius 1 is 1.50 bits per heavy atom. The Hall–Kier alpha value is -1.35. The Morgan fingerprint density at radius 3 is 2.75 bits per heavy atom. The smallest absolute Gasteiger partial charge is 0.123 e. The number of methoxy groups -OCH3 is 1. The second kappa shape index (κ2) is 4.66. The third-order valence-corrected chi connectivity index (χ3v) is 3.30. The van der Waals surface area contributed by atoms with Gasteiger partial charge in [0.25, 0.3) is 0 Å². The number of nitrogen functional groups attached to an aromatic ring is 1. The van der Waals surface area contributed by atoms with Crippen molar-refractivity contribution in [1.82, 2.24) is 0 Å². The first kappa shape index (κ1) is 11.1. The number of hydrogen-bond donors (Lipinski definition) is 2. The normalized spacial score (nSPS) is 15.8. The monoisotopic (exact) mass is 218 g/mol. The van der Waals surface area contributed by atoms with Crippen LogP contribution in [0.1, 0.15) is 41.9 Å². The fourth-order valence-corrected chi connectivity index (χ4v) is 2.31. The lowest BCUT2D eigenvalue weighted by Gasteiger charge is -2.29. The summed E-state index contributed by atoms with van der Waals surface area (Å²) in [5, 5.41) is 7.63. The van der Waals surface area contributed by atoms with Crippen molar-refractivity contribution < 1.29 is 4.74 Å². The molecule has 3 heteroatoms. The maximum atomic E-state index is 7.63. The molecule has 0 spiro atoms. The Morgan fingerprint density at radius 2 is 2.25 bits per heavy atom. The minimum atomic E-state index is 0.167. The van der Waals surface area contributed by atoms with Crippen molar-refractivity contribution in [2.45, 2.75) is 31.8 Å². The van der Waals surface area contributed by atoms with Gasteiger partial charge in [-0.2, -0.15) is 0 Å². The summed E-state index contributed by atoms with van der Waals surface area (Å²) in [6.45, 7) is 0.604. The molecule has 3 nitrogen and oxygen atoms in total. The van der Waals surface area contributed by atoms with Crippen LogP contribution in [0, 0.1) is 5.41 Å². The van der Waals surface area contributed by atoms with E-state index in [-0.39, 0.29) is 5.84 Å². The lowest BCUT2D eigenvalue weighted by Crippen LogP contribution is -2.20. The highest BCUT2D eigenvalue weighted by molar-refractivity contribution is 5.97. The predicted molar refractivity (Wildman–Crippen MR) is 64.8 cm³/mol. The van der Waals surface area contributed by atoms with Gasteiger partial charge in [-0.15, -0.1) is 0 Å². The Kier molecular flexibility index (Phi) is 3.25. The molecule has 1 fully saturated rings. The molecule has 2 rings (SSSR count). The summed E-state index contributed by atoms with van der Waals surface area (Å²) >= 11 is 0. The molecule has 0 atom stereocenters. The van der Waals surface area contributed by atoms with Gasteiger partial charge in [-0.25, -0.2) is 0 Å². The molecule has 16 heavy (non-hydrogen) atoms. The summed E-state index contributed by atoms with van der Waals surface area (Å²) < 4.78 is 5.21. The molecule has 3 N–H and O–H groups in total. The second-order valence-corrected chi connectivity index (χ2v) is 4.35. The fraction of sp³-hybridized carbons (Fsp3) is 0.462. The highest BCUT2D eigenvalue weighted by atomic mass is 16.5. The molecule has 0 heterocycles. The van der Waals surface area contributed by atoms with Gasteiger partial charge < -0.3 is 10.5 Å². The van der Waals surface area contributed by atoms with Crippen LogP contribution in [-0.4, -0.2) is 12.9 Å². The highest BCUT2D eigenvalue weighted by Gasteiger charge is 2.25. The average molecular weight is 218 g/mol. The zero-order chi connectivity index (χ0) is 11.5. The van der Waals surface area contributed by atoms with Gasteiger partial charge in [0.05, 0.1) is 6.61 Å². The van der Waals surface area contributed by atoms with Gasteiger partial charge >= 0.3 is 0 Å². The number of ether oxygens (including phenoxy) is 1. The third kappa shape index (κ3) is 1.95. The second-order valence-electron chi connectivity index (χ2n) is 4.35. The number of nitrogens with one attached hydrogen (secondary N) is 1. The molecule has 0 aromatic heterocycles. The van der Waals surface area contributed by atoms with Gasteiger partial charge in [-0.1, -0.05) is 24.6 Å². The van der Waals surface area contributed by atoms with E-state index in [1.165, 1.54) is 30.4 Å².